The Kier molecular flexibility index (Phi) is 5.74. The van der Waals surface area contributed by atoms with Gasteiger partial charge in [0.1, 0.15) is 5.75 Å². The summed E-state index contributed by atoms with van der Waals surface area (Å²) in [5.41, 5.74) is 7.00. The van der Waals surface area contributed by atoms with E-state index >= 15 is 0 Å². The lowest BCUT2D eigenvalue weighted by atomic mass is 10.2. The molecule has 0 unspecified atom stereocenters. The van der Waals surface area contributed by atoms with Gasteiger partial charge in [0.2, 0.25) is 0 Å². The van der Waals surface area contributed by atoms with Crippen LogP contribution in [-0.4, -0.2) is 30.5 Å². The maximum absolute atomic E-state index is 12.0. The van der Waals surface area contributed by atoms with E-state index in [2.05, 4.69) is 5.32 Å². The van der Waals surface area contributed by atoms with Gasteiger partial charge in [-0.3, -0.25) is 14.9 Å². The minimum atomic E-state index is -0.713. The molecule has 0 aliphatic rings. The van der Waals surface area contributed by atoms with Gasteiger partial charge in [0, 0.05) is 17.8 Å². The van der Waals surface area contributed by atoms with Crippen molar-refractivity contribution in [2.24, 2.45) is 0 Å². The topological polar surface area (TPSA) is 134 Å². The second-order valence-corrected chi connectivity index (χ2v) is 5.34. The fraction of sp³-hybridized carbons (Fsp3) is 0.176. The van der Waals surface area contributed by atoms with E-state index in [1.165, 1.54) is 43.5 Å². The number of nitrogens with zero attached hydrogens (tertiary/aromatic N) is 1. The number of amides is 1. The van der Waals surface area contributed by atoms with Crippen molar-refractivity contribution < 1.29 is 24.0 Å². The highest BCUT2D eigenvalue weighted by Gasteiger charge is 2.14. The molecule has 0 saturated carbocycles. The molecule has 2 aromatic carbocycles. The number of rotatable bonds is 6. The van der Waals surface area contributed by atoms with E-state index in [9.17, 15) is 19.7 Å². The average molecular weight is 359 g/mol. The van der Waals surface area contributed by atoms with Crippen LogP contribution < -0.4 is 15.8 Å². The Labute approximate surface area is 148 Å². The third-order valence-electron chi connectivity index (χ3n) is 3.49. The van der Waals surface area contributed by atoms with Crippen LogP contribution in [0.4, 0.5) is 17.1 Å². The van der Waals surface area contributed by atoms with Gasteiger partial charge in [0.15, 0.2) is 6.61 Å². The number of carbonyl (C=O) groups is 2. The number of hydrogen-bond acceptors (Lipinski definition) is 7. The number of methoxy groups -OCH3 is 1. The smallest absolute Gasteiger partial charge is 0.338 e. The zero-order chi connectivity index (χ0) is 19.3. The summed E-state index contributed by atoms with van der Waals surface area (Å²) in [6, 6.07) is 8.40. The van der Waals surface area contributed by atoms with Gasteiger partial charge in [-0.2, -0.15) is 0 Å². The lowest BCUT2D eigenvalue weighted by Crippen LogP contribution is -2.21. The summed E-state index contributed by atoms with van der Waals surface area (Å²) >= 11 is 0. The summed E-state index contributed by atoms with van der Waals surface area (Å²) in [7, 11) is 1.45. The number of ether oxygens (including phenoxy) is 2. The molecular weight excluding hydrogens is 342 g/mol. The molecule has 0 heterocycles. The number of hydrogen-bond donors (Lipinski definition) is 2. The maximum atomic E-state index is 12.0. The monoisotopic (exact) mass is 359 g/mol. The second-order valence-electron chi connectivity index (χ2n) is 5.34. The van der Waals surface area contributed by atoms with Crippen LogP contribution >= 0.6 is 0 Å². The molecule has 0 atom stereocenters. The average Bonchev–Trinajstić information content (AvgIpc) is 2.61. The molecular formula is C17H17N3O6. The quantitative estimate of drug-likeness (QED) is 0.350. The Hall–Kier alpha value is -3.62. The van der Waals surface area contributed by atoms with Crippen molar-refractivity contribution in [1.29, 1.82) is 0 Å². The molecule has 26 heavy (non-hydrogen) atoms. The van der Waals surface area contributed by atoms with Gasteiger partial charge >= 0.3 is 5.97 Å². The van der Waals surface area contributed by atoms with E-state index in [1.807, 2.05) is 0 Å². The molecule has 9 heteroatoms. The fourth-order valence-electron chi connectivity index (χ4n) is 2.16. The molecule has 0 aromatic heterocycles. The summed E-state index contributed by atoms with van der Waals surface area (Å²) in [4.78, 5) is 34.1. The normalized spacial score (nSPS) is 10.1. The molecule has 0 aliphatic carbocycles. The zero-order valence-corrected chi connectivity index (χ0v) is 14.1. The summed E-state index contributed by atoms with van der Waals surface area (Å²) in [6.07, 6.45) is 0. The highest BCUT2D eigenvalue weighted by molar-refractivity contribution is 5.96. The first-order valence-corrected chi connectivity index (χ1v) is 7.47. The molecule has 136 valence electrons. The Balaban J connectivity index is 1.95. The Morgan fingerprint density at radius 1 is 1.23 bits per heavy atom. The van der Waals surface area contributed by atoms with E-state index in [-0.39, 0.29) is 16.9 Å². The number of nitrogens with two attached hydrogens (primary N) is 1. The highest BCUT2D eigenvalue weighted by atomic mass is 16.6. The Morgan fingerprint density at radius 2 is 1.96 bits per heavy atom. The van der Waals surface area contributed by atoms with Crippen LogP contribution in [0.2, 0.25) is 0 Å². The van der Waals surface area contributed by atoms with Crippen LogP contribution in [0.15, 0.2) is 36.4 Å². The minimum absolute atomic E-state index is 0.0796. The molecule has 0 aliphatic heterocycles. The van der Waals surface area contributed by atoms with Crippen LogP contribution in [0.1, 0.15) is 15.9 Å². The minimum Gasteiger partial charge on any atom is -0.495 e. The molecule has 2 rings (SSSR count). The molecule has 9 nitrogen and oxygen atoms in total. The molecule has 2 aromatic rings. The van der Waals surface area contributed by atoms with Gasteiger partial charge in [-0.15, -0.1) is 0 Å². The molecule has 3 N–H and O–H groups in total. The maximum Gasteiger partial charge on any atom is 0.338 e. The number of nitrogen functional groups attached to an aromatic ring is 1. The van der Waals surface area contributed by atoms with Crippen molar-refractivity contribution in [2.75, 3.05) is 24.8 Å². The van der Waals surface area contributed by atoms with E-state index in [4.69, 9.17) is 15.2 Å². The van der Waals surface area contributed by atoms with Crippen LogP contribution in [-0.2, 0) is 9.53 Å². The van der Waals surface area contributed by atoms with Crippen molar-refractivity contribution in [2.45, 2.75) is 6.92 Å². The highest BCUT2D eigenvalue weighted by Crippen LogP contribution is 2.23. The van der Waals surface area contributed by atoms with Gasteiger partial charge < -0.3 is 20.5 Å². The van der Waals surface area contributed by atoms with Crippen molar-refractivity contribution in [1.82, 2.24) is 0 Å². The first-order valence-electron chi connectivity index (χ1n) is 7.47. The van der Waals surface area contributed by atoms with Crippen LogP contribution in [0, 0.1) is 17.0 Å². The molecule has 0 spiro atoms. The van der Waals surface area contributed by atoms with Crippen LogP contribution in [0.3, 0.4) is 0 Å². The Bertz CT molecular complexity index is 866. The molecule has 1 amide bonds. The standard InChI is InChI=1S/C17H17N3O6/c1-10-7-12(20(23)24)4-5-14(10)19-16(21)9-26-17(22)11-3-6-15(25-2)13(18)8-11/h3-8H,9,18H2,1-2H3,(H,19,21). The van der Waals surface area contributed by atoms with Crippen LogP contribution in [0.5, 0.6) is 5.75 Å². The molecule has 0 radical (unpaired) electrons. The van der Waals surface area contributed by atoms with E-state index < -0.39 is 23.4 Å². The first-order chi connectivity index (χ1) is 12.3. The number of nitro groups is 1. The van der Waals surface area contributed by atoms with Crippen molar-refractivity contribution >= 4 is 28.9 Å². The number of nitrogens with one attached hydrogen (secondary N) is 1. The second kappa shape index (κ2) is 7.97. The first kappa shape index (κ1) is 18.7. The van der Waals surface area contributed by atoms with Gasteiger partial charge in [0.05, 0.1) is 23.3 Å². The number of benzene rings is 2. The van der Waals surface area contributed by atoms with Crippen LogP contribution in [0.25, 0.3) is 0 Å². The summed E-state index contributed by atoms with van der Waals surface area (Å²) in [5, 5.41) is 13.2. The lowest BCUT2D eigenvalue weighted by Gasteiger charge is -2.10. The molecule has 0 bridgehead atoms. The van der Waals surface area contributed by atoms with Crippen molar-refractivity contribution in [3.8, 4) is 5.75 Å². The number of anilines is 2. The van der Waals surface area contributed by atoms with Crippen molar-refractivity contribution in [3.63, 3.8) is 0 Å². The summed E-state index contributed by atoms with van der Waals surface area (Å²) < 4.78 is 9.93. The Morgan fingerprint density at radius 3 is 2.54 bits per heavy atom. The third kappa shape index (κ3) is 4.47. The number of carbonyl (C=O) groups excluding carboxylic acids is 2. The van der Waals surface area contributed by atoms with Gasteiger partial charge in [-0.05, 0) is 36.8 Å². The lowest BCUT2D eigenvalue weighted by molar-refractivity contribution is -0.384. The van der Waals surface area contributed by atoms with Gasteiger partial charge in [0.25, 0.3) is 11.6 Å². The van der Waals surface area contributed by atoms with Gasteiger partial charge in [-0.1, -0.05) is 0 Å². The predicted octanol–water partition coefficient (Wildman–Crippen LogP) is 2.29. The third-order valence-corrected chi connectivity index (χ3v) is 3.49. The van der Waals surface area contributed by atoms with E-state index in [0.29, 0.717) is 17.0 Å². The molecule has 0 saturated heterocycles. The van der Waals surface area contributed by atoms with Gasteiger partial charge in [-0.25, -0.2) is 4.79 Å². The number of nitro benzene ring substituents is 1. The van der Waals surface area contributed by atoms with E-state index in [0.717, 1.165) is 0 Å². The predicted molar refractivity (Wildman–Crippen MR) is 94.2 cm³/mol. The zero-order valence-electron chi connectivity index (χ0n) is 14.1. The van der Waals surface area contributed by atoms with E-state index in [1.54, 1.807) is 6.92 Å². The van der Waals surface area contributed by atoms with Crippen molar-refractivity contribution in [3.05, 3.63) is 57.6 Å². The number of non-ortho nitro benzene ring substituents is 1. The SMILES string of the molecule is COc1ccc(C(=O)OCC(=O)Nc2ccc([N+](=O)[O-])cc2C)cc1N. The number of aryl methyl sites for hydroxylation is 1. The molecule has 0 fully saturated rings. The fourth-order valence-corrected chi connectivity index (χ4v) is 2.16. The largest absolute Gasteiger partial charge is 0.495 e. The summed E-state index contributed by atoms with van der Waals surface area (Å²) in [6.45, 7) is 1.11. The summed E-state index contributed by atoms with van der Waals surface area (Å²) in [5.74, 6) is -0.861. The number of esters is 1.